The molecular formula is C9H12N2O3. The number of hydrogen-bond donors (Lipinski definition) is 1. The minimum absolute atomic E-state index is 0.125. The average Bonchev–Trinajstić information content (AvgIpc) is 2.62. The summed E-state index contributed by atoms with van der Waals surface area (Å²) in [6.45, 7) is 0.501. The number of carbonyl (C=O) groups is 2. The molecule has 0 aliphatic carbocycles. The summed E-state index contributed by atoms with van der Waals surface area (Å²) in [7, 11) is 0. The van der Waals surface area contributed by atoms with E-state index in [1.807, 2.05) is 6.07 Å². The number of likely N-dealkylation sites (tertiary alicyclic amines) is 1. The lowest BCUT2D eigenvalue weighted by Gasteiger charge is -2.20. The third kappa shape index (κ3) is 2.22. The lowest BCUT2D eigenvalue weighted by molar-refractivity contribution is -0.148. The maximum absolute atomic E-state index is 11.4. The fourth-order valence-corrected chi connectivity index (χ4v) is 1.63. The van der Waals surface area contributed by atoms with Gasteiger partial charge in [-0.25, -0.2) is 4.79 Å². The molecule has 76 valence electrons. The highest BCUT2D eigenvalue weighted by atomic mass is 16.4. The second kappa shape index (κ2) is 4.61. The Morgan fingerprint density at radius 1 is 1.57 bits per heavy atom. The van der Waals surface area contributed by atoms with Crippen molar-refractivity contribution in [2.75, 3.05) is 6.54 Å². The smallest absolute Gasteiger partial charge is 0.326 e. The first kappa shape index (κ1) is 10.5. The molecule has 1 rings (SSSR count). The lowest BCUT2D eigenvalue weighted by atomic mass is 10.2. The van der Waals surface area contributed by atoms with Gasteiger partial charge < -0.3 is 10.0 Å². The predicted molar refractivity (Wildman–Crippen MR) is 47.2 cm³/mol. The van der Waals surface area contributed by atoms with Crippen molar-refractivity contribution in [2.45, 2.75) is 31.7 Å². The van der Waals surface area contributed by atoms with Crippen LogP contribution in [-0.2, 0) is 9.59 Å². The van der Waals surface area contributed by atoms with E-state index in [1.54, 1.807) is 0 Å². The largest absolute Gasteiger partial charge is 0.480 e. The zero-order chi connectivity index (χ0) is 10.6. The minimum atomic E-state index is -0.951. The van der Waals surface area contributed by atoms with E-state index in [2.05, 4.69) is 0 Å². The summed E-state index contributed by atoms with van der Waals surface area (Å²) in [5, 5.41) is 17.1. The van der Waals surface area contributed by atoms with Gasteiger partial charge in [0.15, 0.2) is 0 Å². The van der Waals surface area contributed by atoms with E-state index in [-0.39, 0.29) is 18.7 Å². The number of hydrogen-bond acceptors (Lipinski definition) is 3. The van der Waals surface area contributed by atoms with Gasteiger partial charge in [0.2, 0.25) is 5.91 Å². The first-order valence-corrected chi connectivity index (χ1v) is 4.56. The number of amides is 1. The average molecular weight is 196 g/mol. The number of carbonyl (C=O) groups excluding carboxylic acids is 1. The molecule has 0 radical (unpaired) electrons. The summed E-state index contributed by atoms with van der Waals surface area (Å²) < 4.78 is 0. The molecule has 14 heavy (non-hydrogen) atoms. The maximum atomic E-state index is 11.4. The Hall–Kier alpha value is -1.57. The summed E-state index contributed by atoms with van der Waals surface area (Å²) in [6, 6.07) is 1.19. The van der Waals surface area contributed by atoms with Crippen molar-refractivity contribution in [2.24, 2.45) is 0 Å². The first-order chi connectivity index (χ1) is 6.66. The standard InChI is InChI=1S/C9H12N2O3/c10-5-1-4-8(12)11-6-2-3-7(11)9(13)14/h7H,1-4,6H2,(H,13,14)/t7-/m0/s1. The number of rotatable bonds is 3. The summed E-state index contributed by atoms with van der Waals surface area (Å²) in [5.74, 6) is -1.18. The second-order valence-electron chi connectivity index (χ2n) is 3.24. The number of nitrogens with zero attached hydrogens (tertiary/aromatic N) is 2. The van der Waals surface area contributed by atoms with Crippen molar-refractivity contribution in [3.8, 4) is 6.07 Å². The van der Waals surface area contributed by atoms with Crippen molar-refractivity contribution >= 4 is 11.9 Å². The van der Waals surface area contributed by atoms with E-state index < -0.39 is 12.0 Å². The Bertz CT molecular complexity index is 282. The van der Waals surface area contributed by atoms with E-state index in [4.69, 9.17) is 10.4 Å². The molecule has 1 aliphatic heterocycles. The van der Waals surface area contributed by atoms with Crippen molar-refractivity contribution < 1.29 is 14.7 Å². The topological polar surface area (TPSA) is 81.4 Å². The predicted octanol–water partition coefficient (Wildman–Crippen LogP) is 0.366. The molecule has 1 fully saturated rings. The normalized spacial score (nSPS) is 20.5. The van der Waals surface area contributed by atoms with Crippen LogP contribution >= 0.6 is 0 Å². The van der Waals surface area contributed by atoms with Crippen molar-refractivity contribution in [1.82, 2.24) is 4.90 Å². The quantitative estimate of drug-likeness (QED) is 0.706. The van der Waals surface area contributed by atoms with Crippen LogP contribution in [0.1, 0.15) is 25.7 Å². The van der Waals surface area contributed by atoms with Crippen LogP contribution < -0.4 is 0 Å². The van der Waals surface area contributed by atoms with Crippen LogP contribution in [0.4, 0.5) is 0 Å². The number of aliphatic carboxylic acids is 1. The van der Waals surface area contributed by atoms with Crippen LogP contribution in [0.2, 0.25) is 0 Å². The van der Waals surface area contributed by atoms with Crippen LogP contribution in [-0.4, -0.2) is 34.5 Å². The van der Waals surface area contributed by atoms with Crippen LogP contribution in [0.3, 0.4) is 0 Å². The van der Waals surface area contributed by atoms with Crippen molar-refractivity contribution in [1.29, 1.82) is 5.26 Å². The third-order valence-electron chi connectivity index (χ3n) is 2.31. The maximum Gasteiger partial charge on any atom is 0.326 e. The number of nitriles is 1. The summed E-state index contributed by atoms with van der Waals surface area (Å²) in [5.41, 5.74) is 0. The molecule has 0 unspecified atom stereocenters. The summed E-state index contributed by atoms with van der Waals surface area (Å²) >= 11 is 0. The van der Waals surface area contributed by atoms with Crippen LogP contribution in [0, 0.1) is 11.3 Å². The molecule has 1 aliphatic rings. The van der Waals surface area contributed by atoms with Gasteiger partial charge in [-0.15, -0.1) is 0 Å². The fraction of sp³-hybridized carbons (Fsp3) is 0.667. The Morgan fingerprint density at radius 3 is 2.86 bits per heavy atom. The molecule has 0 spiro atoms. The summed E-state index contributed by atoms with van der Waals surface area (Å²) in [4.78, 5) is 23.5. The van der Waals surface area contributed by atoms with Gasteiger partial charge in [0.05, 0.1) is 6.07 Å². The highest BCUT2D eigenvalue weighted by Crippen LogP contribution is 2.18. The molecule has 0 aromatic heterocycles. The molecule has 0 aromatic rings. The Kier molecular flexibility index (Phi) is 3.46. The van der Waals surface area contributed by atoms with E-state index in [1.165, 1.54) is 4.90 Å². The number of carboxylic acid groups (broad SMARTS) is 1. The molecule has 5 heteroatoms. The third-order valence-corrected chi connectivity index (χ3v) is 2.31. The number of carboxylic acids is 1. The van der Waals surface area contributed by atoms with E-state index in [9.17, 15) is 9.59 Å². The molecule has 5 nitrogen and oxygen atoms in total. The minimum Gasteiger partial charge on any atom is -0.480 e. The van der Waals surface area contributed by atoms with Gasteiger partial charge in [-0.2, -0.15) is 5.26 Å². The van der Waals surface area contributed by atoms with Crippen LogP contribution in [0.25, 0.3) is 0 Å². The zero-order valence-electron chi connectivity index (χ0n) is 7.77. The highest BCUT2D eigenvalue weighted by molar-refractivity contribution is 5.84. The van der Waals surface area contributed by atoms with Gasteiger partial charge in [-0.05, 0) is 12.8 Å². The van der Waals surface area contributed by atoms with Gasteiger partial charge in [0.25, 0.3) is 0 Å². The van der Waals surface area contributed by atoms with Crippen LogP contribution in [0.5, 0.6) is 0 Å². The Morgan fingerprint density at radius 2 is 2.29 bits per heavy atom. The van der Waals surface area contributed by atoms with Gasteiger partial charge in [-0.3, -0.25) is 4.79 Å². The van der Waals surface area contributed by atoms with E-state index in [0.29, 0.717) is 13.0 Å². The molecular weight excluding hydrogens is 184 g/mol. The van der Waals surface area contributed by atoms with Crippen molar-refractivity contribution in [3.05, 3.63) is 0 Å². The van der Waals surface area contributed by atoms with Crippen molar-refractivity contribution in [3.63, 3.8) is 0 Å². The van der Waals surface area contributed by atoms with Gasteiger partial charge in [-0.1, -0.05) is 0 Å². The second-order valence-corrected chi connectivity index (χ2v) is 3.24. The zero-order valence-corrected chi connectivity index (χ0v) is 7.77. The molecule has 1 heterocycles. The summed E-state index contributed by atoms with van der Waals surface area (Å²) in [6.07, 6.45) is 1.53. The molecule has 1 amide bonds. The lowest BCUT2D eigenvalue weighted by Crippen LogP contribution is -2.40. The van der Waals surface area contributed by atoms with E-state index in [0.717, 1.165) is 6.42 Å². The first-order valence-electron chi connectivity index (χ1n) is 4.56. The van der Waals surface area contributed by atoms with Gasteiger partial charge >= 0.3 is 5.97 Å². The fourth-order valence-electron chi connectivity index (χ4n) is 1.63. The van der Waals surface area contributed by atoms with Gasteiger partial charge in [0, 0.05) is 19.4 Å². The SMILES string of the molecule is N#CCCC(=O)N1CCC[C@H]1C(=O)O. The molecule has 1 atom stereocenters. The van der Waals surface area contributed by atoms with Gasteiger partial charge in [0.1, 0.15) is 6.04 Å². The highest BCUT2D eigenvalue weighted by Gasteiger charge is 2.33. The van der Waals surface area contributed by atoms with Crippen LogP contribution in [0.15, 0.2) is 0 Å². The Labute approximate surface area is 81.9 Å². The monoisotopic (exact) mass is 196 g/mol. The molecule has 1 saturated heterocycles. The molecule has 0 bridgehead atoms. The van der Waals surface area contributed by atoms with E-state index >= 15 is 0 Å². The molecule has 0 aromatic carbocycles. The molecule has 1 N–H and O–H groups in total. The Balaban J connectivity index is 2.54. The molecule has 0 saturated carbocycles.